The quantitative estimate of drug-likeness (QED) is 0.743. The molecule has 2 aromatic rings. The maximum Gasteiger partial charge on any atom is 0.326 e. The van der Waals surface area contributed by atoms with Gasteiger partial charge in [-0.2, -0.15) is 0 Å². The van der Waals surface area contributed by atoms with Crippen LogP contribution in [-0.2, 0) is 0 Å². The average molecular weight is 290 g/mol. The van der Waals surface area contributed by atoms with Gasteiger partial charge in [0.2, 0.25) is 0 Å². The Bertz CT molecular complexity index is 658. The fraction of sp³-hybridized carbons (Fsp3) is 0. The number of urea groups is 1. The molecule has 102 valence electrons. The molecule has 3 amide bonds. The molecule has 4 N–H and O–H groups in total. The van der Waals surface area contributed by atoms with E-state index >= 15 is 0 Å². The summed E-state index contributed by atoms with van der Waals surface area (Å²) in [6, 6.07) is 12.5. The third-order valence-corrected chi connectivity index (χ3v) is 2.88. The zero-order valence-corrected chi connectivity index (χ0v) is 11.1. The molecule has 0 aliphatic rings. The van der Waals surface area contributed by atoms with Crippen LogP contribution in [0.1, 0.15) is 10.4 Å². The standard InChI is InChI=1S/C14H12ClN3O2/c15-10-6-2-4-8-12(10)17-14(20)18-13(19)9-5-1-3-7-11(9)16/h1-8H,16H2,(H2,17,18,19,20). The third-order valence-electron chi connectivity index (χ3n) is 2.55. The lowest BCUT2D eigenvalue weighted by Gasteiger charge is -2.09. The largest absolute Gasteiger partial charge is 0.398 e. The van der Waals surface area contributed by atoms with Crippen LogP contribution >= 0.6 is 11.6 Å². The van der Waals surface area contributed by atoms with E-state index in [1.807, 2.05) is 0 Å². The molecule has 0 radical (unpaired) electrons. The Morgan fingerprint density at radius 1 is 1.00 bits per heavy atom. The minimum absolute atomic E-state index is 0.238. The van der Waals surface area contributed by atoms with Gasteiger partial charge in [0.1, 0.15) is 0 Å². The SMILES string of the molecule is Nc1ccccc1C(=O)NC(=O)Nc1ccccc1Cl. The summed E-state index contributed by atoms with van der Waals surface area (Å²) in [4.78, 5) is 23.6. The normalized spacial score (nSPS) is 9.85. The van der Waals surface area contributed by atoms with Crippen LogP contribution in [0.5, 0.6) is 0 Å². The number of amides is 3. The van der Waals surface area contributed by atoms with Gasteiger partial charge < -0.3 is 11.1 Å². The van der Waals surface area contributed by atoms with Gasteiger partial charge in [0, 0.05) is 5.69 Å². The van der Waals surface area contributed by atoms with E-state index in [4.69, 9.17) is 17.3 Å². The van der Waals surface area contributed by atoms with Crippen LogP contribution in [0.4, 0.5) is 16.2 Å². The van der Waals surface area contributed by atoms with E-state index in [0.29, 0.717) is 16.4 Å². The molecule has 2 aromatic carbocycles. The van der Waals surface area contributed by atoms with Crippen molar-refractivity contribution in [1.82, 2.24) is 5.32 Å². The Hall–Kier alpha value is -2.53. The molecule has 0 aliphatic heterocycles. The van der Waals surface area contributed by atoms with E-state index in [1.165, 1.54) is 6.07 Å². The molecule has 0 unspecified atom stereocenters. The molecule has 0 spiro atoms. The number of para-hydroxylation sites is 2. The van der Waals surface area contributed by atoms with Crippen molar-refractivity contribution in [3.05, 3.63) is 59.1 Å². The Morgan fingerprint density at radius 2 is 1.65 bits per heavy atom. The van der Waals surface area contributed by atoms with Crippen molar-refractivity contribution in [2.75, 3.05) is 11.1 Å². The summed E-state index contributed by atoms with van der Waals surface area (Å²) in [6.45, 7) is 0. The highest BCUT2D eigenvalue weighted by atomic mass is 35.5. The van der Waals surface area contributed by atoms with Crippen LogP contribution in [0.3, 0.4) is 0 Å². The number of anilines is 2. The van der Waals surface area contributed by atoms with Gasteiger partial charge in [-0.25, -0.2) is 4.79 Å². The van der Waals surface area contributed by atoms with Crippen molar-refractivity contribution in [1.29, 1.82) is 0 Å². The number of nitrogen functional groups attached to an aromatic ring is 1. The first-order valence-electron chi connectivity index (χ1n) is 5.79. The monoisotopic (exact) mass is 289 g/mol. The Morgan fingerprint density at radius 3 is 2.35 bits per heavy atom. The van der Waals surface area contributed by atoms with E-state index in [2.05, 4.69) is 10.6 Å². The van der Waals surface area contributed by atoms with Gasteiger partial charge in [-0.3, -0.25) is 10.1 Å². The van der Waals surface area contributed by atoms with Crippen LogP contribution < -0.4 is 16.4 Å². The van der Waals surface area contributed by atoms with Gasteiger partial charge >= 0.3 is 6.03 Å². The van der Waals surface area contributed by atoms with E-state index in [-0.39, 0.29) is 5.56 Å². The summed E-state index contributed by atoms with van der Waals surface area (Å²) in [5.74, 6) is -0.576. The second-order valence-electron chi connectivity index (χ2n) is 3.98. The summed E-state index contributed by atoms with van der Waals surface area (Å²) in [6.07, 6.45) is 0. The lowest BCUT2D eigenvalue weighted by molar-refractivity contribution is 0.0968. The lowest BCUT2D eigenvalue weighted by Crippen LogP contribution is -2.34. The molecule has 0 bridgehead atoms. The molecule has 5 nitrogen and oxygen atoms in total. The van der Waals surface area contributed by atoms with Crippen molar-refractivity contribution in [2.24, 2.45) is 0 Å². The predicted octanol–water partition coefficient (Wildman–Crippen LogP) is 2.88. The van der Waals surface area contributed by atoms with Crippen LogP contribution in [0.25, 0.3) is 0 Å². The molecule has 20 heavy (non-hydrogen) atoms. The number of nitrogens with one attached hydrogen (secondary N) is 2. The summed E-state index contributed by atoms with van der Waals surface area (Å²) >= 11 is 5.90. The van der Waals surface area contributed by atoms with Crippen LogP contribution in [0.15, 0.2) is 48.5 Å². The first kappa shape index (κ1) is 13.9. The van der Waals surface area contributed by atoms with Crippen LogP contribution in [-0.4, -0.2) is 11.9 Å². The van der Waals surface area contributed by atoms with Crippen LogP contribution in [0, 0.1) is 0 Å². The number of imide groups is 1. The number of carbonyl (C=O) groups is 2. The minimum atomic E-state index is -0.675. The maximum absolute atomic E-state index is 11.9. The molecule has 6 heteroatoms. The second-order valence-corrected chi connectivity index (χ2v) is 4.38. The maximum atomic E-state index is 11.9. The van der Waals surface area contributed by atoms with Crippen molar-refractivity contribution >= 4 is 34.9 Å². The van der Waals surface area contributed by atoms with Crippen molar-refractivity contribution in [2.45, 2.75) is 0 Å². The number of hydrogen-bond donors (Lipinski definition) is 3. The zero-order chi connectivity index (χ0) is 14.5. The predicted molar refractivity (Wildman–Crippen MR) is 78.8 cm³/mol. The molecule has 0 saturated heterocycles. The highest BCUT2D eigenvalue weighted by molar-refractivity contribution is 6.33. The molecule has 0 aliphatic carbocycles. The molecule has 0 atom stereocenters. The van der Waals surface area contributed by atoms with Gasteiger partial charge in [0.25, 0.3) is 5.91 Å². The number of halogens is 1. The second kappa shape index (κ2) is 6.08. The summed E-state index contributed by atoms with van der Waals surface area (Å²) in [5.41, 5.74) is 6.62. The lowest BCUT2D eigenvalue weighted by atomic mass is 10.2. The van der Waals surface area contributed by atoms with E-state index < -0.39 is 11.9 Å². The Balaban J connectivity index is 2.04. The topological polar surface area (TPSA) is 84.2 Å². The third kappa shape index (κ3) is 3.27. The molecule has 0 heterocycles. The van der Waals surface area contributed by atoms with Gasteiger partial charge in [-0.15, -0.1) is 0 Å². The van der Waals surface area contributed by atoms with Crippen LogP contribution in [0.2, 0.25) is 5.02 Å². The van der Waals surface area contributed by atoms with Crippen molar-refractivity contribution in [3.63, 3.8) is 0 Å². The fourth-order valence-corrected chi connectivity index (χ4v) is 1.77. The van der Waals surface area contributed by atoms with Gasteiger partial charge in [-0.05, 0) is 24.3 Å². The first-order valence-corrected chi connectivity index (χ1v) is 6.17. The summed E-state index contributed by atoms with van der Waals surface area (Å²) in [5, 5.41) is 5.06. The molecule has 0 fully saturated rings. The smallest absolute Gasteiger partial charge is 0.326 e. The van der Waals surface area contributed by atoms with Gasteiger partial charge in [0.05, 0.1) is 16.3 Å². The summed E-state index contributed by atoms with van der Waals surface area (Å²) < 4.78 is 0. The van der Waals surface area contributed by atoms with E-state index in [1.54, 1.807) is 42.5 Å². The number of benzene rings is 2. The van der Waals surface area contributed by atoms with Crippen molar-refractivity contribution < 1.29 is 9.59 Å². The highest BCUT2D eigenvalue weighted by Gasteiger charge is 2.13. The number of hydrogen-bond acceptors (Lipinski definition) is 3. The number of carbonyl (C=O) groups excluding carboxylic acids is 2. The first-order chi connectivity index (χ1) is 9.58. The number of nitrogens with two attached hydrogens (primary N) is 1. The molecule has 0 aromatic heterocycles. The minimum Gasteiger partial charge on any atom is -0.398 e. The number of rotatable bonds is 2. The zero-order valence-electron chi connectivity index (χ0n) is 10.4. The van der Waals surface area contributed by atoms with Crippen molar-refractivity contribution in [3.8, 4) is 0 Å². The molecule has 0 saturated carbocycles. The van der Waals surface area contributed by atoms with E-state index in [9.17, 15) is 9.59 Å². The Labute approximate surface area is 120 Å². The molecular weight excluding hydrogens is 278 g/mol. The van der Waals surface area contributed by atoms with Gasteiger partial charge in [0.15, 0.2) is 0 Å². The molecule has 2 rings (SSSR count). The Kier molecular flexibility index (Phi) is 4.22. The van der Waals surface area contributed by atoms with E-state index in [0.717, 1.165) is 0 Å². The molecular formula is C14H12ClN3O2. The fourth-order valence-electron chi connectivity index (χ4n) is 1.59. The van der Waals surface area contributed by atoms with Gasteiger partial charge in [-0.1, -0.05) is 35.9 Å². The average Bonchev–Trinajstić information content (AvgIpc) is 2.41. The highest BCUT2D eigenvalue weighted by Crippen LogP contribution is 2.20. The summed E-state index contributed by atoms with van der Waals surface area (Å²) in [7, 11) is 0.